The maximum atomic E-state index is 12.7. The van der Waals surface area contributed by atoms with E-state index in [2.05, 4.69) is 4.98 Å². The molecule has 3 heterocycles. The van der Waals surface area contributed by atoms with Gasteiger partial charge < -0.3 is 9.30 Å². The second-order valence-corrected chi connectivity index (χ2v) is 5.30. The number of aryl methyl sites for hydroxylation is 1. The van der Waals surface area contributed by atoms with Crippen LogP contribution in [0.5, 0.6) is 0 Å². The lowest BCUT2D eigenvalue weighted by molar-refractivity contribution is 0.141. The number of fused-ring (bicyclic) bond motifs is 2. The molecule has 0 unspecified atom stereocenters. The summed E-state index contributed by atoms with van der Waals surface area (Å²) in [6.07, 6.45) is 2.31. The highest BCUT2D eigenvalue weighted by Gasteiger charge is 2.12. The van der Waals surface area contributed by atoms with Gasteiger partial charge in [-0.25, -0.2) is 4.98 Å². The second kappa shape index (κ2) is 6.64. The van der Waals surface area contributed by atoms with E-state index in [1.807, 2.05) is 13.0 Å². The number of nitriles is 1. The molecule has 7 heteroatoms. The Labute approximate surface area is 137 Å². The molecule has 1 N–H and O–H groups in total. The highest BCUT2D eigenvalue weighted by atomic mass is 16.5. The minimum atomic E-state index is -0.245. The van der Waals surface area contributed by atoms with Gasteiger partial charge in [0, 0.05) is 26.0 Å². The molecule has 24 heavy (non-hydrogen) atoms. The molecule has 0 aliphatic carbocycles. The van der Waals surface area contributed by atoms with Crippen LogP contribution in [-0.4, -0.2) is 27.2 Å². The zero-order valence-electron chi connectivity index (χ0n) is 13.3. The van der Waals surface area contributed by atoms with Crippen LogP contribution in [0.25, 0.3) is 16.7 Å². The standard InChI is InChI=1S/C17H17N5O2/c1-2-24-9-5-8-22-15(19)12(11-18)10-13-16(22)20-14-6-3-4-7-21(14)17(13)23/h3-4,6-7,10,19H,2,5,8-9H2,1H3. The van der Waals surface area contributed by atoms with Gasteiger partial charge in [-0.1, -0.05) is 6.07 Å². The number of nitrogens with one attached hydrogen (secondary N) is 1. The molecule has 7 nitrogen and oxygen atoms in total. The van der Waals surface area contributed by atoms with Gasteiger partial charge in [0.1, 0.15) is 22.9 Å². The molecular formula is C17H17N5O2. The molecule has 0 spiro atoms. The fourth-order valence-electron chi connectivity index (χ4n) is 2.66. The Hall–Kier alpha value is -2.98. The highest BCUT2D eigenvalue weighted by Crippen LogP contribution is 2.10. The van der Waals surface area contributed by atoms with Crippen molar-refractivity contribution in [2.45, 2.75) is 19.9 Å². The van der Waals surface area contributed by atoms with Crippen molar-refractivity contribution >= 4 is 16.7 Å². The summed E-state index contributed by atoms with van der Waals surface area (Å²) in [5.74, 6) is 0. The molecule has 0 amide bonds. The van der Waals surface area contributed by atoms with E-state index in [-0.39, 0.29) is 16.6 Å². The summed E-state index contributed by atoms with van der Waals surface area (Å²) >= 11 is 0. The van der Waals surface area contributed by atoms with Crippen molar-refractivity contribution in [1.82, 2.24) is 14.0 Å². The van der Waals surface area contributed by atoms with Gasteiger partial charge in [-0.3, -0.25) is 14.6 Å². The van der Waals surface area contributed by atoms with Crippen LogP contribution in [0, 0.1) is 16.7 Å². The van der Waals surface area contributed by atoms with E-state index in [1.165, 1.54) is 10.5 Å². The lowest BCUT2D eigenvalue weighted by atomic mass is 10.2. The number of ether oxygens (including phenoxy) is 1. The van der Waals surface area contributed by atoms with Gasteiger partial charge in [-0.2, -0.15) is 5.26 Å². The van der Waals surface area contributed by atoms with Gasteiger partial charge in [0.25, 0.3) is 5.56 Å². The third-order valence-electron chi connectivity index (χ3n) is 3.81. The van der Waals surface area contributed by atoms with E-state index in [4.69, 9.17) is 10.1 Å². The quantitative estimate of drug-likeness (QED) is 0.567. The van der Waals surface area contributed by atoms with Crippen LogP contribution in [0.4, 0.5) is 0 Å². The molecular weight excluding hydrogens is 306 g/mol. The summed E-state index contributed by atoms with van der Waals surface area (Å²) in [6, 6.07) is 8.74. The zero-order chi connectivity index (χ0) is 17.1. The number of pyridine rings is 2. The molecule has 0 aromatic carbocycles. The maximum Gasteiger partial charge on any atom is 0.267 e. The van der Waals surface area contributed by atoms with Crippen LogP contribution in [0.15, 0.2) is 35.3 Å². The summed E-state index contributed by atoms with van der Waals surface area (Å²) < 4.78 is 8.39. The molecule has 0 fully saturated rings. The van der Waals surface area contributed by atoms with E-state index in [9.17, 15) is 10.1 Å². The second-order valence-electron chi connectivity index (χ2n) is 5.30. The van der Waals surface area contributed by atoms with E-state index < -0.39 is 0 Å². The Morgan fingerprint density at radius 1 is 1.42 bits per heavy atom. The number of hydrogen-bond donors (Lipinski definition) is 1. The Morgan fingerprint density at radius 3 is 3.00 bits per heavy atom. The summed E-state index contributed by atoms with van der Waals surface area (Å²) in [7, 11) is 0. The van der Waals surface area contributed by atoms with Crippen molar-refractivity contribution in [2.75, 3.05) is 13.2 Å². The van der Waals surface area contributed by atoms with Crippen LogP contribution in [0.3, 0.4) is 0 Å². The number of aromatic nitrogens is 3. The van der Waals surface area contributed by atoms with Gasteiger partial charge >= 0.3 is 0 Å². The first-order chi connectivity index (χ1) is 11.7. The summed E-state index contributed by atoms with van der Waals surface area (Å²) in [6.45, 7) is 3.55. The van der Waals surface area contributed by atoms with Crippen LogP contribution < -0.4 is 11.0 Å². The van der Waals surface area contributed by atoms with Gasteiger partial charge in [-0.05, 0) is 31.5 Å². The Balaban J connectivity index is 2.27. The molecule has 0 saturated heterocycles. The topological polar surface area (TPSA) is 96.2 Å². The number of hydrogen-bond acceptors (Lipinski definition) is 5. The largest absolute Gasteiger partial charge is 0.382 e. The first-order valence-electron chi connectivity index (χ1n) is 7.74. The van der Waals surface area contributed by atoms with Crippen molar-refractivity contribution in [1.29, 1.82) is 10.7 Å². The zero-order valence-corrected chi connectivity index (χ0v) is 13.3. The third kappa shape index (κ3) is 2.68. The van der Waals surface area contributed by atoms with Crippen molar-refractivity contribution in [3.8, 4) is 6.07 Å². The van der Waals surface area contributed by atoms with Gasteiger partial charge in [0.2, 0.25) is 0 Å². The molecule has 0 radical (unpaired) electrons. The fourth-order valence-corrected chi connectivity index (χ4v) is 2.66. The average molecular weight is 323 g/mol. The van der Waals surface area contributed by atoms with Crippen molar-refractivity contribution in [2.24, 2.45) is 0 Å². The molecule has 0 bridgehead atoms. The smallest absolute Gasteiger partial charge is 0.267 e. The average Bonchev–Trinajstić information content (AvgIpc) is 2.60. The Bertz CT molecular complexity index is 1060. The number of nitrogens with zero attached hydrogens (tertiary/aromatic N) is 4. The summed E-state index contributed by atoms with van der Waals surface area (Å²) in [4.78, 5) is 17.2. The van der Waals surface area contributed by atoms with Crippen LogP contribution >= 0.6 is 0 Å². The Morgan fingerprint density at radius 2 is 2.25 bits per heavy atom. The monoisotopic (exact) mass is 323 g/mol. The molecule has 0 aliphatic heterocycles. The highest BCUT2D eigenvalue weighted by molar-refractivity contribution is 5.77. The first-order valence-corrected chi connectivity index (χ1v) is 7.74. The first kappa shape index (κ1) is 15.9. The fraction of sp³-hybridized carbons (Fsp3) is 0.294. The lowest BCUT2D eigenvalue weighted by Gasteiger charge is -2.12. The molecule has 3 aromatic rings. The van der Waals surface area contributed by atoms with Gasteiger partial charge in [-0.15, -0.1) is 0 Å². The van der Waals surface area contributed by atoms with E-state index >= 15 is 0 Å². The SMILES string of the molecule is CCOCCCn1c(=N)c(C#N)cc2c(=O)n3ccccc3nc21. The predicted octanol–water partition coefficient (Wildman–Crippen LogP) is 1.43. The van der Waals surface area contributed by atoms with Crippen molar-refractivity contribution < 1.29 is 4.74 Å². The molecule has 122 valence electrons. The molecule has 0 atom stereocenters. The molecule has 3 aromatic heterocycles. The van der Waals surface area contributed by atoms with Crippen LogP contribution in [-0.2, 0) is 11.3 Å². The summed E-state index contributed by atoms with van der Waals surface area (Å²) in [5, 5.41) is 17.9. The lowest BCUT2D eigenvalue weighted by Crippen LogP contribution is -2.28. The third-order valence-corrected chi connectivity index (χ3v) is 3.81. The molecule has 3 rings (SSSR count). The van der Waals surface area contributed by atoms with Gasteiger partial charge in [0.15, 0.2) is 0 Å². The maximum absolute atomic E-state index is 12.7. The van der Waals surface area contributed by atoms with Crippen LogP contribution in [0.1, 0.15) is 18.9 Å². The Kier molecular flexibility index (Phi) is 4.40. The molecule has 0 aliphatic rings. The minimum Gasteiger partial charge on any atom is -0.382 e. The van der Waals surface area contributed by atoms with Crippen molar-refractivity contribution in [3.63, 3.8) is 0 Å². The summed E-state index contributed by atoms with van der Waals surface area (Å²) in [5.41, 5.74) is 0.914. The normalized spacial score (nSPS) is 11.0. The van der Waals surface area contributed by atoms with E-state index in [1.54, 1.807) is 29.0 Å². The molecule has 0 saturated carbocycles. The minimum absolute atomic E-state index is 0.0636. The van der Waals surface area contributed by atoms with Crippen molar-refractivity contribution in [3.05, 3.63) is 51.9 Å². The van der Waals surface area contributed by atoms with Gasteiger partial charge in [0.05, 0.1) is 10.9 Å². The van der Waals surface area contributed by atoms with E-state index in [0.29, 0.717) is 42.9 Å². The van der Waals surface area contributed by atoms with E-state index in [0.717, 1.165) is 0 Å². The predicted molar refractivity (Wildman–Crippen MR) is 88.6 cm³/mol. The van der Waals surface area contributed by atoms with Crippen LogP contribution in [0.2, 0.25) is 0 Å². The number of rotatable bonds is 5.